The summed E-state index contributed by atoms with van der Waals surface area (Å²) in [6.45, 7) is -0.502. The van der Waals surface area contributed by atoms with Gasteiger partial charge in [-0.15, -0.1) is 0 Å². The predicted molar refractivity (Wildman–Crippen MR) is 105 cm³/mol. The summed E-state index contributed by atoms with van der Waals surface area (Å²) >= 11 is 0. The van der Waals surface area contributed by atoms with E-state index in [9.17, 15) is 32.6 Å². The maximum Gasteiger partial charge on any atom is 0.348 e. The molecule has 1 atom stereocenters. The number of esters is 1. The van der Waals surface area contributed by atoms with E-state index in [1.165, 1.54) is 24.3 Å². The molecule has 2 N–H and O–H groups in total. The average molecular weight is 434 g/mol. The number of benzene rings is 2. The number of aliphatic hydroxyl groups excluding tert-OH is 1. The molecule has 1 aliphatic carbocycles. The summed E-state index contributed by atoms with van der Waals surface area (Å²) in [5.74, 6) is -10.5. The Morgan fingerprint density at radius 1 is 0.968 bits per heavy atom. The minimum absolute atomic E-state index is 0.0629. The summed E-state index contributed by atoms with van der Waals surface area (Å²) in [7, 11) is 0. The van der Waals surface area contributed by atoms with Gasteiger partial charge in [-0.2, -0.15) is 17.6 Å². The maximum absolute atomic E-state index is 13.9. The zero-order chi connectivity index (χ0) is 22.7. The molecule has 0 heterocycles. The fourth-order valence-electron chi connectivity index (χ4n) is 3.05. The Kier molecular flexibility index (Phi) is 6.03. The molecular formula is C23H18F4O4. The number of carbonyl (C=O) groups excluding carboxylic acids is 1. The summed E-state index contributed by atoms with van der Waals surface area (Å²) in [4.78, 5) is 12.9. The number of rotatable bonds is 6. The largest absolute Gasteiger partial charge is 0.515 e. The Bertz CT molecular complexity index is 1030. The first-order valence-electron chi connectivity index (χ1n) is 9.14. The van der Waals surface area contributed by atoms with Crippen LogP contribution in [-0.2, 0) is 15.1 Å². The van der Waals surface area contributed by atoms with Crippen molar-refractivity contribution in [1.29, 1.82) is 0 Å². The molecule has 4 nitrogen and oxygen atoms in total. The van der Waals surface area contributed by atoms with E-state index in [1.807, 2.05) is 0 Å². The molecular weight excluding hydrogens is 416 g/mol. The number of alkyl halides is 4. The summed E-state index contributed by atoms with van der Waals surface area (Å²) in [6.07, 6.45) is 1.08. The van der Waals surface area contributed by atoms with Crippen molar-refractivity contribution in [2.75, 3.05) is 6.61 Å². The number of hydrogen-bond acceptors (Lipinski definition) is 4. The standard InChI is InChI=1S/C23H18F4O4/c24-21(25)12-11-19(13-22(21,26)27)23(30,18-9-5-2-6-10-18)20(29)31-15-17(14-28)16-7-3-1-4-8-16/h1-14,28,30H,15H2. The zero-order valence-corrected chi connectivity index (χ0v) is 16.0. The molecule has 0 aromatic heterocycles. The van der Waals surface area contributed by atoms with Crippen LogP contribution >= 0.6 is 0 Å². The topological polar surface area (TPSA) is 66.8 Å². The van der Waals surface area contributed by atoms with E-state index in [1.54, 1.807) is 36.4 Å². The van der Waals surface area contributed by atoms with Crippen molar-refractivity contribution in [3.05, 3.63) is 102 Å². The lowest BCUT2D eigenvalue weighted by molar-refractivity contribution is -0.163. The highest BCUT2D eigenvalue weighted by molar-refractivity contribution is 5.87. The second kappa shape index (κ2) is 8.39. The third kappa shape index (κ3) is 4.25. The van der Waals surface area contributed by atoms with Crippen LogP contribution in [0.5, 0.6) is 0 Å². The van der Waals surface area contributed by atoms with Crippen LogP contribution in [0.1, 0.15) is 11.1 Å². The Labute approximate surface area is 175 Å². The molecule has 2 aromatic carbocycles. The highest BCUT2D eigenvalue weighted by Gasteiger charge is 2.57. The summed E-state index contributed by atoms with van der Waals surface area (Å²) in [6, 6.07) is 15.4. The van der Waals surface area contributed by atoms with E-state index in [4.69, 9.17) is 4.74 Å². The smallest absolute Gasteiger partial charge is 0.348 e. The van der Waals surface area contributed by atoms with Crippen LogP contribution in [0, 0.1) is 0 Å². The van der Waals surface area contributed by atoms with Crippen LogP contribution in [-0.4, -0.2) is 34.6 Å². The number of carbonyl (C=O) groups is 1. The molecule has 0 fully saturated rings. The Morgan fingerprint density at radius 2 is 1.55 bits per heavy atom. The normalized spacial score (nSPS) is 19.3. The lowest BCUT2D eigenvalue weighted by Crippen LogP contribution is -2.45. The summed E-state index contributed by atoms with van der Waals surface area (Å²) in [5, 5.41) is 20.6. The fraction of sp³-hybridized carbons (Fsp3) is 0.174. The van der Waals surface area contributed by atoms with E-state index < -0.39 is 35.6 Å². The van der Waals surface area contributed by atoms with Crippen molar-refractivity contribution in [3.63, 3.8) is 0 Å². The van der Waals surface area contributed by atoms with Crippen LogP contribution in [0.4, 0.5) is 17.6 Å². The first-order valence-corrected chi connectivity index (χ1v) is 9.14. The summed E-state index contributed by atoms with van der Waals surface area (Å²) < 4.78 is 60.1. The van der Waals surface area contributed by atoms with Gasteiger partial charge in [-0.1, -0.05) is 66.7 Å². The first-order chi connectivity index (χ1) is 14.6. The van der Waals surface area contributed by atoms with Crippen LogP contribution in [0.15, 0.2) is 90.7 Å². The fourth-order valence-corrected chi connectivity index (χ4v) is 3.05. The quantitative estimate of drug-likeness (QED) is 0.390. The number of hydrogen-bond donors (Lipinski definition) is 2. The van der Waals surface area contributed by atoms with Gasteiger partial charge in [0.15, 0.2) is 0 Å². The third-order valence-corrected chi connectivity index (χ3v) is 4.82. The predicted octanol–water partition coefficient (Wildman–Crippen LogP) is 4.78. The molecule has 0 spiro atoms. The van der Waals surface area contributed by atoms with Gasteiger partial charge < -0.3 is 14.9 Å². The molecule has 0 saturated carbocycles. The summed E-state index contributed by atoms with van der Waals surface area (Å²) in [5.41, 5.74) is -2.99. The van der Waals surface area contributed by atoms with Crippen molar-refractivity contribution >= 4 is 11.5 Å². The molecule has 1 aliphatic rings. The number of aliphatic hydroxyl groups is 2. The molecule has 0 radical (unpaired) electrons. The molecule has 2 aromatic rings. The van der Waals surface area contributed by atoms with Crippen molar-refractivity contribution in [2.45, 2.75) is 17.4 Å². The van der Waals surface area contributed by atoms with Crippen molar-refractivity contribution < 1.29 is 37.3 Å². The second-order valence-electron chi connectivity index (χ2n) is 6.85. The van der Waals surface area contributed by atoms with Crippen LogP contribution in [0.3, 0.4) is 0 Å². The van der Waals surface area contributed by atoms with Crippen LogP contribution < -0.4 is 0 Å². The van der Waals surface area contributed by atoms with Crippen molar-refractivity contribution in [2.24, 2.45) is 0 Å². The Morgan fingerprint density at radius 3 is 2.10 bits per heavy atom. The van der Waals surface area contributed by atoms with Gasteiger partial charge in [-0.05, 0) is 23.3 Å². The van der Waals surface area contributed by atoms with Gasteiger partial charge in [0.25, 0.3) is 0 Å². The van der Waals surface area contributed by atoms with Crippen molar-refractivity contribution in [3.8, 4) is 0 Å². The van der Waals surface area contributed by atoms with Gasteiger partial charge in [0, 0.05) is 11.1 Å². The molecule has 1 unspecified atom stereocenters. The minimum Gasteiger partial charge on any atom is -0.515 e. The monoisotopic (exact) mass is 434 g/mol. The second-order valence-corrected chi connectivity index (χ2v) is 6.85. The third-order valence-electron chi connectivity index (χ3n) is 4.82. The first kappa shape index (κ1) is 22.3. The molecule has 0 bridgehead atoms. The number of allylic oxidation sites excluding steroid dienone is 2. The maximum atomic E-state index is 13.9. The molecule has 3 rings (SSSR count). The average Bonchev–Trinajstić information content (AvgIpc) is 2.76. The number of halogens is 4. The van der Waals surface area contributed by atoms with E-state index in [-0.39, 0.29) is 23.3 Å². The highest BCUT2D eigenvalue weighted by atomic mass is 19.3. The van der Waals surface area contributed by atoms with E-state index in [2.05, 4.69) is 0 Å². The van der Waals surface area contributed by atoms with Gasteiger partial charge in [-0.3, -0.25) is 0 Å². The van der Waals surface area contributed by atoms with Gasteiger partial charge in [0.05, 0.1) is 6.26 Å². The van der Waals surface area contributed by atoms with Gasteiger partial charge >= 0.3 is 17.8 Å². The van der Waals surface area contributed by atoms with E-state index in [0.717, 1.165) is 0 Å². The van der Waals surface area contributed by atoms with Crippen LogP contribution in [0.25, 0.3) is 5.57 Å². The highest BCUT2D eigenvalue weighted by Crippen LogP contribution is 2.44. The van der Waals surface area contributed by atoms with E-state index >= 15 is 0 Å². The Hall–Kier alpha value is -3.39. The van der Waals surface area contributed by atoms with E-state index in [0.29, 0.717) is 17.9 Å². The minimum atomic E-state index is -4.62. The molecule has 0 amide bonds. The van der Waals surface area contributed by atoms with Crippen LogP contribution in [0.2, 0.25) is 0 Å². The zero-order valence-electron chi connectivity index (χ0n) is 16.0. The Balaban J connectivity index is 1.96. The van der Waals surface area contributed by atoms with Gasteiger partial charge in [0.1, 0.15) is 6.61 Å². The molecule has 0 saturated heterocycles. The lowest BCUT2D eigenvalue weighted by Gasteiger charge is -2.32. The van der Waals surface area contributed by atoms with Gasteiger partial charge in [0.2, 0.25) is 5.60 Å². The van der Waals surface area contributed by atoms with Gasteiger partial charge in [-0.25, -0.2) is 4.79 Å². The molecule has 0 aliphatic heterocycles. The lowest BCUT2D eigenvalue weighted by atomic mass is 9.82. The molecule has 31 heavy (non-hydrogen) atoms. The number of ether oxygens (including phenoxy) is 1. The molecule has 162 valence electrons. The SMILES string of the molecule is O=C(OCC(=CO)c1ccccc1)C(O)(C1=CC(F)(F)C(F)(F)C=C1)c1ccccc1. The molecule has 8 heteroatoms. The van der Waals surface area contributed by atoms with Crippen molar-refractivity contribution in [1.82, 2.24) is 0 Å².